The highest BCUT2D eigenvalue weighted by Gasteiger charge is 2.14. The molecule has 0 aliphatic carbocycles. The van der Waals surface area contributed by atoms with Crippen LogP contribution in [0.2, 0.25) is 0 Å². The van der Waals surface area contributed by atoms with Crippen LogP contribution < -0.4 is 4.74 Å². The lowest BCUT2D eigenvalue weighted by molar-refractivity contribution is 0.172. The third-order valence-corrected chi connectivity index (χ3v) is 4.92. The summed E-state index contributed by atoms with van der Waals surface area (Å²) in [6.45, 7) is 2.25. The highest BCUT2D eigenvalue weighted by atomic mass is 32.2. The van der Waals surface area contributed by atoms with Crippen LogP contribution in [0, 0.1) is 6.92 Å². The van der Waals surface area contributed by atoms with E-state index in [-0.39, 0.29) is 12.4 Å². The number of rotatable bonds is 8. The number of hydrogen-bond acceptors (Lipinski definition) is 5. The maximum atomic E-state index is 12.7. The standard InChI is InChI=1S/C18H21N3O3S/c1-13-16(19-9-8-17(13)24-11-5-10-23-2)12-25(22)18-20-14-6-3-4-7-15(14)21-18/h3-4,6-9H,5,10-12H2,1-2H3,(H,20,21)/i2+1D3. The number of aromatic amines is 1. The maximum Gasteiger partial charge on any atom is 0.197 e. The molecular weight excluding hydrogens is 339 g/mol. The molecule has 1 N–H and O–H groups in total. The Balaban J connectivity index is 1.61. The molecule has 1 aromatic carbocycles. The highest BCUT2D eigenvalue weighted by Crippen LogP contribution is 2.22. The van der Waals surface area contributed by atoms with E-state index in [1.54, 1.807) is 12.3 Å². The average Bonchev–Trinajstić information content (AvgIpc) is 3.07. The van der Waals surface area contributed by atoms with Gasteiger partial charge < -0.3 is 14.5 Å². The Hall–Kier alpha value is -2.25. The molecule has 0 saturated carbocycles. The molecular formula is C18H21N3O3S. The molecule has 0 amide bonds. The number of hydrogen-bond donors (Lipinski definition) is 1. The first-order valence-electron chi connectivity index (χ1n) is 9.38. The normalized spacial score (nSPS) is 14.7. The van der Waals surface area contributed by atoms with Crippen molar-refractivity contribution in [3.05, 3.63) is 47.8 Å². The minimum Gasteiger partial charge on any atom is -0.493 e. The summed E-state index contributed by atoms with van der Waals surface area (Å²) in [6, 6.07) is 9.25. The van der Waals surface area contributed by atoms with Crippen LogP contribution in [0.1, 0.15) is 21.8 Å². The second-order valence-electron chi connectivity index (χ2n) is 5.48. The van der Waals surface area contributed by atoms with E-state index in [0.717, 1.165) is 16.6 Å². The molecule has 25 heavy (non-hydrogen) atoms. The number of H-pyrrole nitrogens is 1. The predicted molar refractivity (Wildman–Crippen MR) is 97.2 cm³/mol. The van der Waals surface area contributed by atoms with Gasteiger partial charge in [-0.3, -0.25) is 9.19 Å². The first-order valence-corrected chi connectivity index (χ1v) is 9.20. The van der Waals surface area contributed by atoms with E-state index < -0.39 is 17.8 Å². The zero-order valence-corrected chi connectivity index (χ0v) is 14.6. The fourth-order valence-corrected chi connectivity index (χ4v) is 3.50. The molecule has 6 nitrogen and oxygen atoms in total. The summed E-state index contributed by atoms with van der Waals surface area (Å²) in [7, 11) is -3.76. The number of nitrogens with one attached hydrogen (secondary N) is 1. The van der Waals surface area contributed by atoms with Gasteiger partial charge in [-0.15, -0.1) is 0 Å². The smallest absolute Gasteiger partial charge is 0.197 e. The van der Waals surface area contributed by atoms with Crippen molar-refractivity contribution < 1.29 is 17.8 Å². The molecule has 7 heteroatoms. The van der Waals surface area contributed by atoms with Gasteiger partial charge in [0.2, 0.25) is 0 Å². The van der Waals surface area contributed by atoms with Crippen molar-refractivity contribution in [3.8, 4) is 5.75 Å². The predicted octanol–water partition coefficient (Wildman–Crippen LogP) is 2.99. The molecule has 1 unspecified atom stereocenters. The third kappa shape index (κ3) is 4.24. The molecule has 0 radical (unpaired) electrons. The summed E-state index contributed by atoms with van der Waals surface area (Å²) in [5.74, 6) is 0.839. The Morgan fingerprint density at radius 1 is 1.28 bits per heavy atom. The number of fused-ring (bicyclic) bond motifs is 1. The molecule has 132 valence electrons. The summed E-state index contributed by atoms with van der Waals surface area (Å²) in [5.41, 5.74) is 3.07. The minimum absolute atomic E-state index is 0.0869. The minimum atomic E-state index is -2.39. The molecule has 2 aromatic heterocycles. The van der Waals surface area contributed by atoms with Gasteiger partial charge in [-0.25, -0.2) is 4.98 Å². The molecule has 3 rings (SSSR count). The van der Waals surface area contributed by atoms with Crippen LogP contribution in [0.3, 0.4) is 0 Å². The number of ether oxygens (including phenoxy) is 2. The SMILES string of the molecule is [2H][13C]([2H])([2H])OCCCOc1ccnc(CS(=O)c2nc3ccccc3[nH]2)c1C. The fourth-order valence-electron chi connectivity index (χ4n) is 2.40. The van der Waals surface area contributed by atoms with Crippen molar-refractivity contribution in [2.24, 2.45) is 0 Å². The Morgan fingerprint density at radius 3 is 3.00 bits per heavy atom. The number of para-hydroxylation sites is 2. The van der Waals surface area contributed by atoms with Gasteiger partial charge in [0.1, 0.15) is 5.75 Å². The number of aromatic nitrogens is 3. The van der Waals surface area contributed by atoms with Crippen molar-refractivity contribution >= 4 is 21.8 Å². The van der Waals surface area contributed by atoms with Gasteiger partial charge in [0.05, 0.1) is 44.0 Å². The average molecular weight is 363 g/mol. The van der Waals surface area contributed by atoms with Gasteiger partial charge in [-0.1, -0.05) is 12.1 Å². The van der Waals surface area contributed by atoms with E-state index in [1.807, 2.05) is 31.2 Å². The Morgan fingerprint density at radius 2 is 2.16 bits per heavy atom. The molecule has 0 bridgehead atoms. The van der Waals surface area contributed by atoms with E-state index in [2.05, 4.69) is 15.0 Å². The van der Waals surface area contributed by atoms with Crippen LogP contribution in [0.25, 0.3) is 11.0 Å². The quantitative estimate of drug-likeness (QED) is 0.492. The van der Waals surface area contributed by atoms with Crippen molar-refractivity contribution in [3.63, 3.8) is 0 Å². The molecule has 2 heterocycles. The summed E-state index contributed by atoms with van der Waals surface area (Å²) in [4.78, 5) is 11.8. The van der Waals surface area contributed by atoms with E-state index in [9.17, 15) is 4.21 Å². The van der Waals surface area contributed by atoms with Crippen molar-refractivity contribution in [2.45, 2.75) is 24.3 Å². The van der Waals surface area contributed by atoms with Crippen molar-refractivity contribution in [1.82, 2.24) is 15.0 Å². The molecule has 1 atom stereocenters. The molecule has 0 fully saturated rings. The first kappa shape index (κ1) is 14.0. The summed E-state index contributed by atoms with van der Waals surface area (Å²) in [5, 5.41) is 0.413. The lowest BCUT2D eigenvalue weighted by Gasteiger charge is -2.11. The molecule has 0 aliphatic heterocycles. The van der Waals surface area contributed by atoms with Gasteiger partial charge in [-0.05, 0) is 25.1 Å². The number of nitrogens with zero attached hydrogens (tertiary/aromatic N) is 2. The van der Waals surface area contributed by atoms with E-state index in [1.165, 1.54) is 0 Å². The first-order chi connectivity index (χ1) is 13.3. The van der Waals surface area contributed by atoms with Gasteiger partial charge in [0, 0.05) is 31.8 Å². The Bertz CT molecular complexity index is 942. The van der Waals surface area contributed by atoms with Crippen LogP contribution in [0.5, 0.6) is 5.75 Å². The Kier molecular flexibility index (Phi) is 4.60. The van der Waals surface area contributed by atoms with Crippen molar-refractivity contribution in [2.75, 3.05) is 20.3 Å². The Labute approximate surface area is 153 Å². The van der Waals surface area contributed by atoms with Gasteiger partial charge in [0.25, 0.3) is 0 Å². The van der Waals surface area contributed by atoms with Gasteiger partial charge in [0.15, 0.2) is 5.16 Å². The number of methoxy groups -OCH3 is 1. The zero-order chi connectivity index (χ0) is 20.1. The molecule has 0 aliphatic rings. The summed E-state index contributed by atoms with van der Waals surface area (Å²) >= 11 is 0. The summed E-state index contributed by atoms with van der Waals surface area (Å²) < 4.78 is 44.1. The largest absolute Gasteiger partial charge is 0.493 e. The summed E-state index contributed by atoms with van der Waals surface area (Å²) in [6.07, 6.45) is 2.05. The topological polar surface area (TPSA) is 77.1 Å². The zero-order valence-electron chi connectivity index (χ0n) is 16.8. The monoisotopic (exact) mass is 363 g/mol. The van der Waals surface area contributed by atoms with Crippen LogP contribution in [-0.4, -0.2) is 39.4 Å². The number of pyridine rings is 1. The van der Waals surface area contributed by atoms with E-state index >= 15 is 0 Å². The van der Waals surface area contributed by atoms with Crippen molar-refractivity contribution in [1.29, 1.82) is 0 Å². The second-order valence-corrected chi connectivity index (χ2v) is 6.85. The van der Waals surface area contributed by atoms with Gasteiger partial charge in [-0.2, -0.15) is 0 Å². The second kappa shape index (κ2) is 8.22. The molecule has 0 spiro atoms. The van der Waals surface area contributed by atoms with Crippen LogP contribution in [-0.2, 0) is 21.3 Å². The lowest BCUT2D eigenvalue weighted by Crippen LogP contribution is -2.06. The highest BCUT2D eigenvalue weighted by molar-refractivity contribution is 7.84. The van der Waals surface area contributed by atoms with Crippen LogP contribution in [0.4, 0.5) is 0 Å². The third-order valence-electron chi connectivity index (χ3n) is 3.76. The van der Waals surface area contributed by atoms with E-state index in [4.69, 9.17) is 13.6 Å². The molecule has 0 saturated heterocycles. The van der Waals surface area contributed by atoms with Gasteiger partial charge >= 0.3 is 0 Å². The lowest BCUT2D eigenvalue weighted by atomic mass is 10.2. The number of benzene rings is 1. The number of imidazole rings is 1. The fraction of sp³-hybridized carbons (Fsp3) is 0.333. The van der Waals surface area contributed by atoms with Crippen LogP contribution >= 0.6 is 0 Å². The van der Waals surface area contributed by atoms with Crippen LogP contribution in [0.15, 0.2) is 41.7 Å². The van der Waals surface area contributed by atoms with E-state index in [0.29, 0.717) is 29.6 Å². The molecule has 3 aromatic rings. The maximum absolute atomic E-state index is 12.7.